The third-order valence-corrected chi connectivity index (χ3v) is 3.17. The largest absolute Gasteiger partial charge is 0.316 e. The number of nitrogens with zero attached hydrogens (tertiary/aromatic N) is 2. The van der Waals surface area contributed by atoms with E-state index in [1.807, 2.05) is 26.1 Å². The Kier molecular flexibility index (Phi) is 3.99. The lowest BCUT2D eigenvalue weighted by molar-refractivity contribution is 0.473. The highest BCUT2D eigenvalue weighted by molar-refractivity contribution is 6.31. The number of benzene rings is 1. The molecule has 0 bridgehead atoms. The standard InChI is InChI=1S/C13H15ClFN3/c1-3-18-13(15)11(8-17-18)9-4-5-12(14)10(6-9)7-16-2/h4-6,8,16H,3,7H2,1-2H3. The fourth-order valence-corrected chi connectivity index (χ4v) is 2.04. The molecule has 0 unspecified atom stereocenters. The number of aryl methyl sites for hydroxylation is 1. The van der Waals surface area contributed by atoms with Crippen LogP contribution in [0.4, 0.5) is 4.39 Å². The molecule has 0 amide bonds. The van der Waals surface area contributed by atoms with E-state index in [2.05, 4.69) is 10.4 Å². The smallest absolute Gasteiger partial charge is 0.219 e. The molecule has 2 rings (SSSR count). The van der Waals surface area contributed by atoms with Gasteiger partial charge in [-0.25, -0.2) is 4.68 Å². The first-order valence-corrected chi connectivity index (χ1v) is 6.19. The highest BCUT2D eigenvalue weighted by Crippen LogP contribution is 2.27. The summed E-state index contributed by atoms with van der Waals surface area (Å²) in [5, 5.41) is 7.71. The fourth-order valence-electron chi connectivity index (χ4n) is 1.85. The van der Waals surface area contributed by atoms with Crippen molar-refractivity contribution in [3.8, 4) is 11.1 Å². The van der Waals surface area contributed by atoms with Crippen LogP contribution < -0.4 is 5.32 Å². The predicted octanol–water partition coefficient (Wildman–Crippen LogP) is 3.08. The molecule has 0 atom stereocenters. The molecule has 5 heteroatoms. The van der Waals surface area contributed by atoms with Crippen molar-refractivity contribution >= 4 is 11.6 Å². The van der Waals surface area contributed by atoms with Crippen LogP contribution in [0.3, 0.4) is 0 Å². The van der Waals surface area contributed by atoms with E-state index in [0.29, 0.717) is 23.7 Å². The van der Waals surface area contributed by atoms with Gasteiger partial charge in [0.1, 0.15) is 0 Å². The summed E-state index contributed by atoms with van der Waals surface area (Å²) < 4.78 is 15.3. The Morgan fingerprint density at radius 2 is 2.22 bits per heavy atom. The van der Waals surface area contributed by atoms with Crippen molar-refractivity contribution in [2.75, 3.05) is 7.05 Å². The zero-order valence-corrected chi connectivity index (χ0v) is 11.1. The second kappa shape index (κ2) is 5.50. The van der Waals surface area contributed by atoms with E-state index in [9.17, 15) is 4.39 Å². The van der Waals surface area contributed by atoms with Crippen LogP contribution in [-0.2, 0) is 13.1 Å². The van der Waals surface area contributed by atoms with Crippen molar-refractivity contribution < 1.29 is 4.39 Å². The maximum Gasteiger partial charge on any atom is 0.219 e. The van der Waals surface area contributed by atoms with Crippen LogP contribution in [0.2, 0.25) is 5.02 Å². The molecule has 0 aliphatic rings. The van der Waals surface area contributed by atoms with Crippen LogP contribution in [0.1, 0.15) is 12.5 Å². The highest BCUT2D eigenvalue weighted by Gasteiger charge is 2.12. The summed E-state index contributed by atoms with van der Waals surface area (Å²) in [6, 6.07) is 5.48. The van der Waals surface area contributed by atoms with Gasteiger partial charge in [-0.05, 0) is 37.2 Å². The Labute approximate surface area is 111 Å². The molecule has 0 radical (unpaired) electrons. The van der Waals surface area contributed by atoms with Crippen molar-refractivity contribution in [3.63, 3.8) is 0 Å². The Balaban J connectivity index is 2.44. The topological polar surface area (TPSA) is 29.9 Å². The van der Waals surface area contributed by atoms with Crippen LogP contribution in [0, 0.1) is 5.95 Å². The predicted molar refractivity (Wildman–Crippen MR) is 71.1 cm³/mol. The lowest BCUT2D eigenvalue weighted by Gasteiger charge is -2.06. The fraction of sp³-hybridized carbons (Fsp3) is 0.308. The molecule has 18 heavy (non-hydrogen) atoms. The van der Waals surface area contributed by atoms with Gasteiger partial charge in [-0.2, -0.15) is 9.49 Å². The Hall–Kier alpha value is -1.39. The average Bonchev–Trinajstić information content (AvgIpc) is 2.74. The number of hydrogen-bond acceptors (Lipinski definition) is 2. The lowest BCUT2D eigenvalue weighted by Crippen LogP contribution is -2.05. The van der Waals surface area contributed by atoms with Crippen LogP contribution in [0.25, 0.3) is 11.1 Å². The van der Waals surface area contributed by atoms with Gasteiger partial charge in [-0.1, -0.05) is 17.7 Å². The molecule has 1 aromatic heterocycles. The Morgan fingerprint density at radius 3 is 2.83 bits per heavy atom. The molecule has 3 nitrogen and oxygen atoms in total. The normalized spacial score (nSPS) is 10.9. The quantitative estimate of drug-likeness (QED) is 0.923. The maximum absolute atomic E-state index is 14.0. The van der Waals surface area contributed by atoms with Crippen molar-refractivity contribution in [2.45, 2.75) is 20.0 Å². The molecule has 0 spiro atoms. The molecular weight excluding hydrogens is 253 g/mol. The first-order chi connectivity index (χ1) is 8.67. The molecule has 96 valence electrons. The minimum Gasteiger partial charge on any atom is -0.316 e. The van der Waals surface area contributed by atoms with E-state index in [0.717, 1.165) is 11.1 Å². The molecule has 0 saturated carbocycles. The van der Waals surface area contributed by atoms with Gasteiger partial charge in [0.05, 0.1) is 11.8 Å². The summed E-state index contributed by atoms with van der Waals surface area (Å²) in [4.78, 5) is 0. The highest BCUT2D eigenvalue weighted by atomic mass is 35.5. The zero-order chi connectivity index (χ0) is 13.1. The third kappa shape index (κ3) is 2.40. The van der Waals surface area contributed by atoms with Crippen molar-refractivity contribution in [1.29, 1.82) is 0 Å². The molecule has 0 aliphatic carbocycles. The zero-order valence-electron chi connectivity index (χ0n) is 10.4. The average molecular weight is 268 g/mol. The molecular formula is C13H15ClFN3. The third-order valence-electron chi connectivity index (χ3n) is 2.80. The van der Waals surface area contributed by atoms with E-state index in [1.54, 1.807) is 12.3 Å². The van der Waals surface area contributed by atoms with Crippen LogP contribution in [-0.4, -0.2) is 16.8 Å². The second-order valence-electron chi connectivity index (χ2n) is 4.00. The number of rotatable bonds is 4. The van der Waals surface area contributed by atoms with Gasteiger partial charge in [0, 0.05) is 18.1 Å². The summed E-state index contributed by atoms with van der Waals surface area (Å²) in [6.45, 7) is 3.02. The van der Waals surface area contributed by atoms with Gasteiger partial charge >= 0.3 is 0 Å². The number of aromatic nitrogens is 2. The van der Waals surface area contributed by atoms with Gasteiger partial charge in [-0.15, -0.1) is 0 Å². The summed E-state index contributed by atoms with van der Waals surface area (Å²) in [5.74, 6) is -0.310. The van der Waals surface area contributed by atoms with Crippen LogP contribution in [0.5, 0.6) is 0 Å². The van der Waals surface area contributed by atoms with Crippen LogP contribution >= 0.6 is 11.6 Å². The molecule has 0 fully saturated rings. The first kappa shape index (κ1) is 13.1. The van der Waals surface area contributed by atoms with Crippen molar-refractivity contribution in [3.05, 3.63) is 40.9 Å². The lowest BCUT2D eigenvalue weighted by atomic mass is 10.1. The molecule has 0 aliphatic heterocycles. The summed E-state index contributed by atoms with van der Waals surface area (Å²) in [5.41, 5.74) is 2.24. The monoisotopic (exact) mass is 267 g/mol. The Bertz CT molecular complexity index is 551. The molecule has 1 N–H and O–H groups in total. The summed E-state index contributed by atoms with van der Waals surface area (Å²) >= 11 is 6.08. The first-order valence-electron chi connectivity index (χ1n) is 5.82. The molecule has 2 aromatic rings. The van der Waals surface area contributed by atoms with E-state index in [4.69, 9.17) is 11.6 Å². The number of halogens is 2. The van der Waals surface area contributed by atoms with Gasteiger partial charge < -0.3 is 5.32 Å². The Morgan fingerprint density at radius 1 is 1.44 bits per heavy atom. The van der Waals surface area contributed by atoms with Gasteiger partial charge in [0.2, 0.25) is 5.95 Å². The minimum absolute atomic E-state index is 0.310. The van der Waals surface area contributed by atoms with Gasteiger partial charge in [0.15, 0.2) is 0 Å². The minimum atomic E-state index is -0.310. The van der Waals surface area contributed by atoms with E-state index in [1.165, 1.54) is 4.68 Å². The van der Waals surface area contributed by atoms with E-state index < -0.39 is 0 Å². The number of hydrogen-bond donors (Lipinski definition) is 1. The summed E-state index contributed by atoms with van der Waals surface area (Å²) in [6.07, 6.45) is 1.55. The number of nitrogens with one attached hydrogen (secondary N) is 1. The second-order valence-corrected chi connectivity index (χ2v) is 4.41. The molecule has 0 saturated heterocycles. The molecule has 1 heterocycles. The SMILES string of the molecule is CCn1ncc(-c2ccc(Cl)c(CNC)c2)c1F. The van der Waals surface area contributed by atoms with E-state index in [-0.39, 0.29) is 5.95 Å². The molecule has 1 aromatic carbocycles. The maximum atomic E-state index is 14.0. The van der Waals surface area contributed by atoms with Gasteiger partial charge in [-0.3, -0.25) is 0 Å². The van der Waals surface area contributed by atoms with Crippen LogP contribution in [0.15, 0.2) is 24.4 Å². The van der Waals surface area contributed by atoms with Gasteiger partial charge in [0.25, 0.3) is 0 Å². The van der Waals surface area contributed by atoms with Crippen molar-refractivity contribution in [1.82, 2.24) is 15.1 Å². The summed E-state index contributed by atoms with van der Waals surface area (Å²) in [7, 11) is 1.85. The van der Waals surface area contributed by atoms with Crippen molar-refractivity contribution in [2.24, 2.45) is 0 Å². The van der Waals surface area contributed by atoms with E-state index >= 15 is 0 Å².